The standard InChI is InChI=1S/C30H59O6PS/c1-4-6-7-8-9-12-17-23-38-24-18-13-10-11-14-21-28(27-19-15-16-20-27)26(3)36-29(30(31)32)25-37(33,34)35-22-5-2/h26-29H,4-25H2,1-3H3,(H,31,32)(H,33,34). The highest BCUT2D eigenvalue weighted by Crippen LogP contribution is 2.44. The highest BCUT2D eigenvalue weighted by molar-refractivity contribution is 7.99. The van der Waals surface area contributed by atoms with Crippen LogP contribution in [0, 0.1) is 11.8 Å². The van der Waals surface area contributed by atoms with E-state index < -0.39 is 25.8 Å². The molecule has 0 aromatic heterocycles. The number of carboxylic acid groups (broad SMARTS) is 1. The van der Waals surface area contributed by atoms with E-state index in [0.29, 0.717) is 18.3 Å². The Morgan fingerprint density at radius 3 is 2.00 bits per heavy atom. The fraction of sp³-hybridized carbons (Fsp3) is 0.967. The fourth-order valence-corrected chi connectivity index (χ4v) is 7.91. The molecule has 0 spiro atoms. The molecular formula is C30H59O6PS. The minimum absolute atomic E-state index is 0.137. The van der Waals surface area contributed by atoms with E-state index in [1.54, 1.807) is 0 Å². The van der Waals surface area contributed by atoms with Crippen molar-refractivity contribution in [3.8, 4) is 0 Å². The van der Waals surface area contributed by atoms with Crippen LogP contribution in [0.2, 0.25) is 0 Å². The van der Waals surface area contributed by atoms with Gasteiger partial charge in [0.05, 0.1) is 18.9 Å². The summed E-state index contributed by atoms with van der Waals surface area (Å²) in [5.41, 5.74) is 0. The predicted molar refractivity (Wildman–Crippen MR) is 161 cm³/mol. The average molecular weight is 579 g/mol. The largest absolute Gasteiger partial charge is 0.479 e. The van der Waals surface area contributed by atoms with Crippen molar-refractivity contribution in [3.63, 3.8) is 0 Å². The van der Waals surface area contributed by atoms with Crippen molar-refractivity contribution in [2.45, 2.75) is 149 Å². The van der Waals surface area contributed by atoms with Crippen LogP contribution in [0.15, 0.2) is 0 Å². The van der Waals surface area contributed by atoms with Gasteiger partial charge in [0.15, 0.2) is 6.10 Å². The van der Waals surface area contributed by atoms with Crippen LogP contribution in [0.1, 0.15) is 136 Å². The van der Waals surface area contributed by atoms with Gasteiger partial charge >= 0.3 is 13.6 Å². The molecule has 1 aliphatic rings. The molecule has 0 radical (unpaired) electrons. The summed E-state index contributed by atoms with van der Waals surface area (Å²) in [5, 5.41) is 9.66. The second kappa shape index (κ2) is 22.6. The Bertz CT molecular complexity index is 628. The number of ether oxygens (including phenoxy) is 1. The molecule has 4 unspecified atom stereocenters. The summed E-state index contributed by atoms with van der Waals surface area (Å²) in [5.74, 6) is 2.24. The van der Waals surface area contributed by atoms with Gasteiger partial charge in [-0.15, -0.1) is 0 Å². The number of carbonyl (C=O) groups is 1. The summed E-state index contributed by atoms with van der Waals surface area (Å²) < 4.78 is 23.3. The van der Waals surface area contributed by atoms with Crippen molar-refractivity contribution in [2.24, 2.45) is 11.8 Å². The van der Waals surface area contributed by atoms with Gasteiger partial charge in [-0.25, -0.2) is 4.79 Å². The third-order valence-corrected chi connectivity index (χ3v) is 10.4. The van der Waals surface area contributed by atoms with E-state index in [4.69, 9.17) is 9.26 Å². The van der Waals surface area contributed by atoms with Crippen LogP contribution >= 0.6 is 19.4 Å². The lowest BCUT2D eigenvalue weighted by Crippen LogP contribution is -2.36. The zero-order valence-corrected chi connectivity index (χ0v) is 26.5. The highest BCUT2D eigenvalue weighted by atomic mass is 32.2. The van der Waals surface area contributed by atoms with Crippen LogP contribution in [0.4, 0.5) is 0 Å². The van der Waals surface area contributed by atoms with Crippen molar-refractivity contribution in [3.05, 3.63) is 0 Å². The van der Waals surface area contributed by atoms with Gasteiger partial charge in [0.2, 0.25) is 0 Å². The quantitative estimate of drug-likeness (QED) is 0.0781. The second-order valence-corrected chi connectivity index (χ2v) is 14.4. The fourth-order valence-electron chi connectivity index (χ4n) is 5.65. The van der Waals surface area contributed by atoms with E-state index >= 15 is 0 Å². The first kappa shape index (κ1) is 36.0. The molecule has 226 valence electrons. The molecule has 1 fully saturated rings. The lowest BCUT2D eigenvalue weighted by atomic mass is 9.82. The molecule has 0 aromatic rings. The Balaban J connectivity index is 2.30. The molecule has 0 heterocycles. The van der Waals surface area contributed by atoms with Crippen LogP contribution < -0.4 is 0 Å². The molecule has 38 heavy (non-hydrogen) atoms. The van der Waals surface area contributed by atoms with Gasteiger partial charge in [0, 0.05) is 0 Å². The number of aliphatic carboxylic acids is 1. The molecule has 1 rings (SSSR count). The predicted octanol–water partition coefficient (Wildman–Crippen LogP) is 9.09. The lowest BCUT2D eigenvalue weighted by molar-refractivity contribution is -0.155. The van der Waals surface area contributed by atoms with E-state index in [1.165, 1.54) is 108 Å². The molecule has 0 saturated heterocycles. The number of hydrogen-bond acceptors (Lipinski definition) is 5. The monoisotopic (exact) mass is 578 g/mol. The maximum absolute atomic E-state index is 12.3. The molecular weight excluding hydrogens is 519 g/mol. The first-order chi connectivity index (χ1) is 18.3. The lowest BCUT2D eigenvalue weighted by Gasteiger charge is -2.32. The van der Waals surface area contributed by atoms with E-state index in [9.17, 15) is 19.4 Å². The minimum Gasteiger partial charge on any atom is -0.479 e. The van der Waals surface area contributed by atoms with Gasteiger partial charge in [-0.3, -0.25) is 4.57 Å². The van der Waals surface area contributed by atoms with Gasteiger partial charge in [-0.05, 0) is 55.9 Å². The number of hydrogen-bond donors (Lipinski definition) is 2. The molecule has 0 aliphatic heterocycles. The molecule has 0 bridgehead atoms. The van der Waals surface area contributed by atoms with Gasteiger partial charge in [0.25, 0.3) is 0 Å². The Hall–Kier alpha value is -0.0700. The number of unbranched alkanes of at least 4 members (excludes halogenated alkanes) is 10. The zero-order chi connectivity index (χ0) is 28.1. The van der Waals surface area contributed by atoms with E-state index in [2.05, 4.69) is 18.7 Å². The van der Waals surface area contributed by atoms with Crippen LogP contribution in [0.5, 0.6) is 0 Å². The van der Waals surface area contributed by atoms with Gasteiger partial charge in [-0.1, -0.05) is 104 Å². The van der Waals surface area contributed by atoms with Crippen molar-refractivity contribution in [1.29, 1.82) is 0 Å². The van der Waals surface area contributed by atoms with E-state index in [0.717, 1.165) is 12.8 Å². The minimum atomic E-state index is -3.99. The van der Waals surface area contributed by atoms with Crippen molar-refractivity contribution >= 4 is 25.3 Å². The van der Waals surface area contributed by atoms with Crippen molar-refractivity contribution in [2.75, 3.05) is 24.3 Å². The number of thioether (sulfide) groups is 1. The van der Waals surface area contributed by atoms with Gasteiger partial charge in [-0.2, -0.15) is 11.8 Å². The van der Waals surface area contributed by atoms with Crippen molar-refractivity contribution in [1.82, 2.24) is 0 Å². The first-order valence-corrected chi connectivity index (χ1v) is 18.6. The summed E-state index contributed by atoms with van der Waals surface area (Å²) in [6.07, 6.45) is 20.2. The van der Waals surface area contributed by atoms with Crippen LogP contribution in [0.25, 0.3) is 0 Å². The highest BCUT2D eigenvalue weighted by Gasteiger charge is 2.36. The Labute approximate surface area is 238 Å². The molecule has 1 saturated carbocycles. The third-order valence-electron chi connectivity index (χ3n) is 7.87. The van der Waals surface area contributed by atoms with E-state index in [1.807, 2.05) is 13.8 Å². The summed E-state index contributed by atoms with van der Waals surface area (Å²) >= 11 is 2.12. The number of rotatable bonds is 26. The Morgan fingerprint density at radius 1 is 0.895 bits per heavy atom. The Kier molecular flexibility index (Phi) is 21.4. The maximum atomic E-state index is 12.3. The zero-order valence-electron chi connectivity index (χ0n) is 24.7. The van der Waals surface area contributed by atoms with Gasteiger partial charge in [0.1, 0.15) is 0 Å². The molecule has 2 N–H and O–H groups in total. The molecule has 6 nitrogen and oxygen atoms in total. The summed E-state index contributed by atoms with van der Waals surface area (Å²) in [4.78, 5) is 21.9. The van der Waals surface area contributed by atoms with Crippen LogP contribution in [-0.2, 0) is 18.6 Å². The van der Waals surface area contributed by atoms with Crippen LogP contribution in [0.3, 0.4) is 0 Å². The van der Waals surface area contributed by atoms with Crippen molar-refractivity contribution < 1.29 is 28.6 Å². The molecule has 0 aromatic carbocycles. The summed E-state index contributed by atoms with van der Waals surface area (Å²) in [6, 6.07) is 0. The summed E-state index contributed by atoms with van der Waals surface area (Å²) in [7, 11) is -3.99. The second-order valence-electron chi connectivity index (χ2n) is 11.3. The SMILES string of the molecule is CCCCCCCCCSCCCCCCCC(C1CCCC1)C(C)OC(CP(=O)(O)OCCC)C(=O)O. The molecule has 8 heteroatoms. The Morgan fingerprint density at radius 2 is 1.45 bits per heavy atom. The molecule has 1 aliphatic carbocycles. The molecule has 4 atom stereocenters. The average Bonchev–Trinajstić information content (AvgIpc) is 3.41. The van der Waals surface area contributed by atoms with E-state index in [-0.39, 0.29) is 12.7 Å². The smallest absolute Gasteiger partial charge is 0.333 e. The first-order valence-electron chi connectivity index (χ1n) is 15.7. The number of carboxylic acids is 1. The molecule has 0 amide bonds. The third kappa shape index (κ3) is 17.6. The summed E-state index contributed by atoms with van der Waals surface area (Å²) in [6.45, 7) is 6.20. The topological polar surface area (TPSA) is 93.1 Å². The maximum Gasteiger partial charge on any atom is 0.333 e. The van der Waals surface area contributed by atoms with Gasteiger partial charge < -0.3 is 19.3 Å². The normalized spacial score (nSPS) is 18.3. The van der Waals surface area contributed by atoms with Crippen LogP contribution in [-0.4, -0.2) is 52.5 Å².